The fourth-order valence-corrected chi connectivity index (χ4v) is 1.21. The van der Waals surface area contributed by atoms with Gasteiger partial charge in [-0.2, -0.15) is 0 Å². The predicted octanol–water partition coefficient (Wildman–Crippen LogP) is 1.31. The van der Waals surface area contributed by atoms with Crippen molar-refractivity contribution in [3.05, 3.63) is 48.5 Å². The largest absolute Gasteiger partial charge is 0.397 e. The second-order valence-electron chi connectivity index (χ2n) is 3.15. The molecule has 0 spiro atoms. The molecule has 80 valence electrons. The summed E-state index contributed by atoms with van der Waals surface area (Å²) in [5.74, 6) is -0.234. The fourth-order valence-electron chi connectivity index (χ4n) is 1.21. The molecule has 0 bridgehead atoms. The lowest BCUT2D eigenvalue weighted by Gasteiger charge is -2.06. The quantitative estimate of drug-likeness (QED) is 0.789. The van der Waals surface area contributed by atoms with Crippen LogP contribution in [0.2, 0.25) is 0 Å². The number of hydrogen-bond donors (Lipinski definition) is 2. The third kappa shape index (κ3) is 2.14. The van der Waals surface area contributed by atoms with E-state index in [0.29, 0.717) is 16.9 Å². The van der Waals surface area contributed by atoms with E-state index in [4.69, 9.17) is 5.73 Å². The van der Waals surface area contributed by atoms with E-state index >= 15 is 0 Å². The standard InChI is InChI=1S/C11H10N4O/c12-9-3-6-14-7-10(9)15-11(16)8-1-4-13-5-2-8/h1-7H,(H2,12,14)(H,15,16). The lowest BCUT2D eigenvalue weighted by molar-refractivity contribution is 0.102. The van der Waals surface area contributed by atoms with Gasteiger partial charge in [0.05, 0.1) is 17.6 Å². The molecule has 0 atom stereocenters. The first kappa shape index (κ1) is 10.1. The Balaban J connectivity index is 2.18. The number of carbonyl (C=O) groups excluding carboxylic acids is 1. The molecule has 5 heteroatoms. The highest BCUT2D eigenvalue weighted by molar-refractivity contribution is 6.05. The van der Waals surface area contributed by atoms with Crippen molar-refractivity contribution in [2.75, 3.05) is 11.1 Å². The second kappa shape index (κ2) is 4.39. The minimum absolute atomic E-state index is 0.234. The van der Waals surface area contributed by atoms with E-state index in [9.17, 15) is 4.79 Å². The van der Waals surface area contributed by atoms with Crippen LogP contribution in [0.5, 0.6) is 0 Å². The molecule has 16 heavy (non-hydrogen) atoms. The van der Waals surface area contributed by atoms with E-state index < -0.39 is 0 Å². The first-order valence-corrected chi connectivity index (χ1v) is 4.68. The van der Waals surface area contributed by atoms with Crippen LogP contribution in [0.25, 0.3) is 0 Å². The van der Waals surface area contributed by atoms with Crippen molar-refractivity contribution in [1.29, 1.82) is 0 Å². The highest BCUT2D eigenvalue weighted by atomic mass is 16.1. The van der Waals surface area contributed by atoms with Gasteiger partial charge in [-0.25, -0.2) is 0 Å². The van der Waals surface area contributed by atoms with Gasteiger partial charge in [0, 0.05) is 24.2 Å². The second-order valence-corrected chi connectivity index (χ2v) is 3.15. The summed E-state index contributed by atoms with van der Waals surface area (Å²) in [6.07, 6.45) is 6.19. The van der Waals surface area contributed by atoms with E-state index in [1.807, 2.05) is 0 Å². The SMILES string of the molecule is Nc1ccncc1NC(=O)c1ccncc1. The molecule has 2 rings (SSSR count). The van der Waals surface area contributed by atoms with Gasteiger partial charge < -0.3 is 11.1 Å². The highest BCUT2D eigenvalue weighted by Gasteiger charge is 2.06. The van der Waals surface area contributed by atoms with Crippen molar-refractivity contribution in [3.63, 3.8) is 0 Å². The summed E-state index contributed by atoms with van der Waals surface area (Å²) >= 11 is 0. The van der Waals surface area contributed by atoms with Crippen molar-refractivity contribution >= 4 is 17.3 Å². The normalized spacial score (nSPS) is 9.75. The number of anilines is 2. The molecule has 5 nitrogen and oxygen atoms in total. The van der Waals surface area contributed by atoms with Crippen molar-refractivity contribution in [3.8, 4) is 0 Å². The number of rotatable bonds is 2. The minimum Gasteiger partial charge on any atom is -0.397 e. The smallest absolute Gasteiger partial charge is 0.255 e. The van der Waals surface area contributed by atoms with Crippen LogP contribution in [0.1, 0.15) is 10.4 Å². The van der Waals surface area contributed by atoms with Gasteiger partial charge in [-0.15, -0.1) is 0 Å². The Morgan fingerprint density at radius 1 is 1.12 bits per heavy atom. The average Bonchev–Trinajstić information content (AvgIpc) is 2.33. The molecule has 0 unspecified atom stereocenters. The zero-order chi connectivity index (χ0) is 11.4. The molecule has 0 saturated heterocycles. The van der Waals surface area contributed by atoms with Crippen molar-refractivity contribution in [2.24, 2.45) is 0 Å². The molecule has 0 aliphatic heterocycles. The number of amides is 1. The molecular weight excluding hydrogens is 204 g/mol. The van der Waals surface area contributed by atoms with Gasteiger partial charge in [0.2, 0.25) is 0 Å². The Hall–Kier alpha value is -2.43. The minimum atomic E-state index is -0.234. The van der Waals surface area contributed by atoms with E-state index in [1.54, 1.807) is 36.8 Å². The van der Waals surface area contributed by atoms with Gasteiger partial charge in [-0.3, -0.25) is 14.8 Å². The van der Waals surface area contributed by atoms with Gasteiger partial charge in [0.1, 0.15) is 0 Å². The molecule has 0 fully saturated rings. The fraction of sp³-hybridized carbons (Fsp3) is 0. The molecule has 0 aliphatic carbocycles. The first-order valence-electron chi connectivity index (χ1n) is 4.68. The predicted molar refractivity (Wildman–Crippen MR) is 60.8 cm³/mol. The van der Waals surface area contributed by atoms with E-state index in [0.717, 1.165) is 0 Å². The lowest BCUT2D eigenvalue weighted by Crippen LogP contribution is -2.13. The topological polar surface area (TPSA) is 80.9 Å². The van der Waals surface area contributed by atoms with Crippen molar-refractivity contribution in [1.82, 2.24) is 9.97 Å². The molecule has 0 aliphatic rings. The van der Waals surface area contributed by atoms with E-state index in [2.05, 4.69) is 15.3 Å². The summed E-state index contributed by atoms with van der Waals surface area (Å²) < 4.78 is 0. The highest BCUT2D eigenvalue weighted by Crippen LogP contribution is 2.15. The zero-order valence-electron chi connectivity index (χ0n) is 8.42. The maximum absolute atomic E-state index is 11.7. The number of nitrogens with two attached hydrogens (primary N) is 1. The maximum atomic E-state index is 11.7. The first-order chi connectivity index (χ1) is 7.77. The summed E-state index contributed by atoms with van der Waals surface area (Å²) in [6.45, 7) is 0. The van der Waals surface area contributed by atoms with Gasteiger partial charge >= 0.3 is 0 Å². The Morgan fingerprint density at radius 3 is 2.50 bits per heavy atom. The molecule has 2 heterocycles. The Bertz CT molecular complexity index is 498. The van der Waals surface area contributed by atoms with Crippen LogP contribution >= 0.6 is 0 Å². The van der Waals surface area contributed by atoms with Crippen LogP contribution in [0, 0.1) is 0 Å². The maximum Gasteiger partial charge on any atom is 0.255 e. The molecule has 0 saturated carbocycles. The Kier molecular flexibility index (Phi) is 2.77. The van der Waals surface area contributed by atoms with Gasteiger partial charge in [-0.1, -0.05) is 0 Å². The summed E-state index contributed by atoms with van der Waals surface area (Å²) in [5, 5.41) is 2.67. The number of aromatic nitrogens is 2. The number of pyridine rings is 2. The molecule has 2 aromatic rings. The third-order valence-electron chi connectivity index (χ3n) is 2.05. The zero-order valence-corrected chi connectivity index (χ0v) is 8.42. The van der Waals surface area contributed by atoms with E-state index in [1.165, 1.54) is 6.20 Å². The van der Waals surface area contributed by atoms with Gasteiger partial charge in [0.25, 0.3) is 5.91 Å². The number of nitrogens with zero attached hydrogens (tertiary/aromatic N) is 2. The molecular formula is C11H10N4O. The number of hydrogen-bond acceptors (Lipinski definition) is 4. The summed E-state index contributed by atoms with van der Waals surface area (Å²) in [7, 11) is 0. The molecule has 1 amide bonds. The Morgan fingerprint density at radius 2 is 1.81 bits per heavy atom. The molecule has 2 aromatic heterocycles. The van der Waals surface area contributed by atoms with Crippen LogP contribution in [-0.2, 0) is 0 Å². The van der Waals surface area contributed by atoms with Crippen LogP contribution < -0.4 is 11.1 Å². The molecule has 3 N–H and O–H groups in total. The van der Waals surface area contributed by atoms with Gasteiger partial charge in [-0.05, 0) is 18.2 Å². The number of carbonyl (C=O) groups is 1. The van der Waals surface area contributed by atoms with E-state index in [-0.39, 0.29) is 5.91 Å². The molecule has 0 radical (unpaired) electrons. The summed E-state index contributed by atoms with van der Waals surface area (Å²) in [4.78, 5) is 19.5. The molecule has 0 aromatic carbocycles. The monoisotopic (exact) mass is 214 g/mol. The van der Waals surface area contributed by atoms with Crippen LogP contribution in [0.15, 0.2) is 43.0 Å². The number of nitrogens with one attached hydrogen (secondary N) is 1. The average molecular weight is 214 g/mol. The van der Waals surface area contributed by atoms with Crippen molar-refractivity contribution in [2.45, 2.75) is 0 Å². The van der Waals surface area contributed by atoms with Crippen LogP contribution in [0.4, 0.5) is 11.4 Å². The number of nitrogen functional groups attached to an aromatic ring is 1. The third-order valence-corrected chi connectivity index (χ3v) is 2.05. The summed E-state index contributed by atoms with van der Waals surface area (Å²) in [5.41, 5.74) is 7.19. The van der Waals surface area contributed by atoms with Crippen LogP contribution in [0.3, 0.4) is 0 Å². The van der Waals surface area contributed by atoms with Crippen molar-refractivity contribution < 1.29 is 4.79 Å². The summed E-state index contributed by atoms with van der Waals surface area (Å²) in [6, 6.07) is 4.88. The van der Waals surface area contributed by atoms with Crippen LogP contribution in [-0.4, -0.2) is 15.9 Å². The van der Waals surface area contributed by atoms with Gasteiger partial charge in [0.15, 0.2) is 0 Å². The Labute approximate surface area is 92.3 Å². The lowest BCUT2D eigenvalue weighted by atomic mass is 10.2.